The molecule has 0 N–H and O–H groups in total. The van der Waals surface area contributed by atoms with Gasteiger partial charge in [0, 0.05) is 0 Å². The topological polar surface area (TPSA) is 49.6 Å². The predicted molar refractivity (Wildman–Crippen MR) is 65.7 cm³/mol. The SMILES string of the molecule is Cc1cccc([C@H](C#N)c2ccc(Cl)nn2)c1. The van der Waals surface area contributed by atoms with Crippen molar-refractivity contribution in [2.24, 2.45) is 0 Å². The molecule has 3 nitrogen and oxygen atoms in total. The number of aryl methyl sites for hydroxylation is 1. The molecule has 0 spiro atoms. The summed E-state index contributed by atoms with van der Waals surface area (Å²) in [5.41, 5.74) is 2.65. The number of rotatable bonds is 2. The molecule has 1 heterocycles. The Kier molecular flexibility index (Phi) is 3.36. The molecule has 84 valence electrons. The van der Waals surface area contributed by atoms with E-state index < -0.39 is 5.92 Å². The van der Waals surface area contributed by atoms with Gasteiger partial charge in [0.1, 0.15) is 5.92 Å². The number of benzene rings is 1. The molecule has 1 aromatic carbocycles. The van der Waals surface area contributed by atoms with Crippen LogP contribution >= 0.6 is 11.6 Å². The number of halogens is 1. The van der Waals surface area contributed by atoms with Crippen molar-refractivity contribution in [1.29, 1.82) is 5.26 Å². The van der Waals surface area contributed by atoms with Crippen LogP contribution in [0, 0.1) is 18.3 Å². The minimum absolute atomic E-state index is 0.328. The third-order valence-electron chi connectivity index (χ3n) is 2.45. The van der Waals surface area contributed by atoms with Crippen molar-refractivity contribution >= 4 is 11.6 Å². The van der Waals surface area contributed by atoms with Crippen LogP contribution in [-0.4, -0.2) is 10.2 Å². The Morgan fingerprint density at radius 1 is 1.24 bits per heavy atom. The fourth-order valence-corrected chi connectivity index (χ4v) is 1.74. The summed E-state index contributed by atoms with van der Waals surface area (Å²) in [5.74, 6) is -0.403. The van der Waals surface area contributed by atoms with Gasteiger partial charge in [-0.25, -0.2) is 0 Å². The van der Waals surface area contributed by atoms with E-state index in [1.54, 1.807) is 12.1 Å². The highest BCUT2D eigenvalue weighted by Crippen LogP contribution is 2.23. The van der Waals surface area contributed by atoms with Crippen molar-refractivity contribution in [3.63, 3.8) is 0 Å². The van der Waals surface area contributed by atoms with Crippen LogP contribution in [0.5, 0.6) is 0 Å². The van der Waals surface area contributed by atoms with Crippen molar-refractivity contribution in [2.75, 3.05) is 0 Å². The van der Waals surface area contributed by atoms with E-state index in [-0.39, 0.29) is 0 Å². The smallest absolute Gasteiger partial charge is 0.151 e. The number of hydrogen-bond donors (Lipinski definition) is 0. The van der Waals surface area contributed by atoms with Crippen molar-refractivity contribution in [3.8, 4) is 6.07 Å². The Balaban J connectivity index is 2.41. The van der Waals surface area contributed by atoms with Crippen LogP contribution in [0.3, 0.4) is 0 Å². The molecule has 2 rings (SSSR count). The molecule has 0 unspecified atom stereocenters. The van der Waals surface area contributed by atoms with Crippen LogP contribution in [0.2, 0.25) is 5.15 Å². The van der Waals surface area contributed by atoms with Crippen LogP contribution in [0.4, 0.5) is 0 Å². The van der Waals surface area contributed by atoms with E-state index in [0.29, 0.717) is 10.8 Å². The van der Waals surface area contributed by atoms with Gasteiger partial charge in [0.25, 0.3) is 0 Å². The third-order valence-corrected chi connectivity index (χ3v) is 2.65. The summed E-state index contributed by atoms with van der Waals surface area (Å²) in [6.07, 6.45) is 0. The van der Waals surface area contributed by atoms with Crippen molar-refractivity contribution in [2.45, 2.75) is 12.8 Å². The quantitative estimate of drug-likeness (QED) is 0.814. The first kappa shape index (κ1) is 11.6. The summed E-state index contributed by atoms with van der Waals surface area (Å²) >= 11 is 5.67. The largest absolute Gasteiger partial charge is 0.197 e. The molecule has 0 amide bonds. The van der Waals surface area contributed by atoms with Gasteiger partial charge in [-0.15, -0.1) is 5.10 Å². The first-order chi connectivity index (χ1) is 8.20. The molecule has 17 heavy (non-hydrogen) atoms. The maximum absolute atomic E-state index is 9.24. The average Bonchev–Trinajstić information content (AvgIpc) is 2.33. The van der Waals surface area contributed by atoms with E-state index in [9.17, 15) is 5.26 Å². The fraction of sp³-hybridized carbons (Fsp3) is 0.154. The van der Waals surface area contributed by atoms with Gasteiger partial charge in [0.05, 0.1) is 11.8 Å². The standard InChI is InChI=1S/C13H10ClN3/c1-9-3-2-4-10(7-9)11(8-15)12-5-6-13(14)17-16-12/h2-7,11H,1H3/t11-/m0/s1. The number of aromatic nitrogens is 2. The molecule has 0 radical (unpaired) electrons. The van der Waals surface area contributed by atoms with Crippen molar-refractivity contribution < 1.29 is 0 Å². The van der Waals surface area contributed by atoms with Gasteiger partial charge in [-0.2, -0.15) is 10.4 Å². The Morgan fingerprint density at radius 2 is 2.06 bits per heavy atom. The van der Waals surface area contributed by atoms with Gasteiger partial charge in [-0.1, -0.05) is 41.4 Å². The number of nitrogens with zero attached hydrogens (tertiary/aromatic N) is 3. The Hall–Kier alpha value is -1.92. The van der Waals surface area contributed by atoms with E-state index in [2.05, 4.69) is 16.3 Å². The first-order valence-corrected chi connectivity index (χ1v) is 5.54. The molecule has 0 fully saturated rings. The monoisotopic (exact) mass is 243 g/mol. The second-order valence-corrected chi connectivity index (χ2v) is 4.14. The lowest BCUT2D eigenvalue weighted by Crippen LogP contribution is -2.02. The van der Waals surface area contributed by atoms with Crippen LogP contribution in [-0.2, 0) is 0 Å². The fourth-order valence-electron chi connectivity index (χ4n) is 1.64. The summed E-state index contributed by atoms with van der Waals surface area (Å²) in [7, 11) is 0. The van der Waals surface area contributed by atoms with Gasteiger partial charge < -0.3 is 0 Å². The summed E-state index contributed by atoms with van der Waals surface area (Å²) < 4.78 is 0. The summed E-state index contributed by atoms with van der Waals surface area (Å²) in [6, 6.07) is 13.4. The molecule has 0 saturated carbocycles. The van der Waals surface area contributed by atoms with Gasteiger partial charge >= 0.3 is 0 Å². The second kappa shape index (κ2) is 4.94. The molecule has 1 aromatic heterocycles. The summed E-state index contributed by atoms with van der Waals surface area (Å²) in [5, 5.41) is 17.3. The highest BCUT2D eigenvalue weighted by Gasteiger charge is 2.15. The van der Waals surface area contributed by atoms with Gasteiger partial charge in [0.15, 0.2) is 5.15 Å². The highest BCUT2D eigenvalue weighted by atomic mass is 35.5. The van der Waals surface area contributed by atoms with E-state index in [0.717, 1.165) is 11.1 Å². The molecule has 0 bridgehead atoms. The molecule has 0 saturated heterocycles. The normalized spacial score (nSPS) is 11.8. The third kappa shape index (κ3) is 2.61. The molecule has 2 aromatic rings. The van der Waals surface area contributed by atoms with E-state index in [1.165, 1.54) is 0 Å². The van der Waals surface area contributed by atoms with Crippen LogP contribution in [0.25, 0.3) is 0 Å². The zero-order valence-electron chi connectivity index (χ0n) is 9.26. The molecule has 1 atom stereocenters. The van der Waals surface area contributed by atoms with Crippen molar-refractivity contribution in [1.82, 2.24) is 10.2 Å². The molecule has 4 heteroatoms. The van der Waals surface area contributed by atoms with E-state index in [1.807, 2.05) is 31.2 Å². The minimum atomic E-state index is -0.403. The van der Waals surface area contributed by atoms with Gasteiger partial charge in [-0.05, 0) is 24.6 Å². The van der Waals surface area contributed by atoms with E-state index >= 15 is 0 Å². The zero-order chi connectivity index (χ0) is 12.3. The zero-order valence-corrected chi connectivity index (χ0v) is 10.0. The van der Waals surface area contributed by atoms with Crippen LogP contribution < -0.4 is 0 Å². The molecule has 0 aliphatic heterocycles. The maximum Gasteiger partial charge on any atom is 0.151 e. The lowest BCUT2D eigenvalue weighted by molar-refractivity contribution is 0.884. The number of nitriles is 1. The van der Waals surface area contributed by atoms with Crippen molar-refractivity contribution in [3.05, 3.63) is 58.4 Å². The molecule has 0 aliphatic rings. The van der Waals surface area contributed by atoms with Gasteiger partial charge in [-0.3, -0.25) is 0 Å². The van der Waals surface area contributed by atoms with Gasteiger partial charge in [0.2, 0.25) is 0 Å². The lowest BCUT2D eigenvalue weighted by atomic mass is 9.96. The Bertz CT molecular complexity index is 558. The van der Waals surface area contributed by atoms with Crippen LogP contribution in [0.15, 0.2) is 36.4 Å². The number of hydrogen-bond acceptors (Lipinski definition) is 3. The Labute approximate surface area is 105 Å². The first-order valence-electron chi connectivity index (χ1n) is 5.16. The lowest BCUT2D eigenvalue weighted by Gasteiger charge is -2.08. The predicted octanol–water partition coefficient (Wildman–Crippen LogP) is 3.09. The molecular formula is C13H10ClN3. The van der Waals surface area contributed by atoms with E-state index in [4.69, 9.17) is 11.6 Å². The maximum atomic E-state index is 9.24. The molecule has 0 aliphatic carbocycles. The highest BCUT2D eigenvalue weighted by molar-refractivity contribution is 6.29. The average molecular weight is 244 g/mol. The second-order valence-electron chi connectivity index (χ2n) is 3.76. The summed E-state index contributed by atoms with van der Waals surface area (Å²) in [4.78, 5) is 0. The summed E-state index contributed by atoms with van der Waals surface area (Å²) in [6.45, 7) is 1.99. The minimum Gasteiger partial charge on any atom is -0.197 e. The van der Waals surface area contributed by atoms with Crippen LogP contribution in [0.1, 0.15) is 22.7 Å². The molecular weight excluding hydrogens is 234 g/mol. The Morgan fingerprint density at radius 3 is 2.65 bits per heavy atom.